The Morgan fingerprint density at radius 3 is 2.82 bits per heavy atom. The summed E-state index contributed by atoms with van der Waals surface area (Å²) in [5, 5.41) is 4.49. The Labute approximate surface area is 112 Å². The first kappa shape index (κ1) is 13.1. The highest BCUT2D eigenvalue weighted by atomic mass is 79.9. The highest BCUT2D eigenvalue weighted by Crippen LogP contribution is 2.33. The van der Waals surface area contributed by atoms with Gasteiger partial charge in [0.1, 0.15) is 0 Å². The van der Waals surface area contributed by atoms with Crippen LogP contribution in [0.25, 0.3) is 0 Å². The quantitative estimate of drug-likeness (QED) is 0.780. The predicted octanol–water partition coefficient (Wildman–Crippen LogP) is 2.82. The second kappa shape index (κ2) is 5.53. The van der Waals surface area contributed by atoms with Crippen LogP contribution in [0.1, 0.15) is 31.2 Å². The van der Waals surface area contributed by atoms with E-state index in [0.29, 0.717) is 0 Å². The molecule has 0 radical (unpaired) electrons. The monoisotopic (exact) mass is 299 g/mol. The summed E-state index contributed by atoms with van der Waals surface area (Å²) in [5.41, 5.74) is 2.46. The van der Waals surface area contributed by atoms with E-state index in [0.717, 1.165) is 29.5 Å². The average molecular weight is 300 g/mol. The van der Waals surface area contributed by atoms with E-state index in [9.17, 15) is 0 Å². The largest absolute Gasteiger partial charge is 0.300 e. The number of nitrogens with zero attached hydrogens (tertiary/aromatic N) is 3. The number of hydrogen-bond acceptors (Lipinski definition) is 2. The summed E-state index contributed by atoms with van der Waals surface area (Å²) in [4.78, 5) is 3.19. The highest BCUT2D eigenvalue weighted by Gasteiger charge is 2.27. The van der Waals surface area contributed by atoms with Crippen molar-refractivity contribution in [1.82, 2.24) is 14.7 Å². The number of aromatic nitrogens is 2. The van der Waals surface area contributed by atoms with E-state index >= 15 is 0 Å². The first-order valence-electron chi connectivity index (χ1n) is 6.44. The summed E-state index contributed by atoms with van der Waals surface area (Å²) >= 11 is 3.65. The van der Waals surface area contributed by atoms with Crippen LogP contribution in [0.3, 0.4) is 0 Å². The zero-order valence-corrected chi connectivity index (χ0v) is 12.6. The Kier molecular flexibility index (Phi) is 4.26. The van der Waals surface area contributed by atoms with E-state index in [1.165, 1.54) is 25.1 Å². The molecule has 1 fully saturated rings. The number of aryl methyl sites for hydroxylation is 2. The van der Waals surface area contributed by atoms with E-state index in [4.69, 9.17) is 0 Å². The minimum absolute atomic E-state index is 0.768. The standard InChI is InChI=1S/C13H22BrN3/c1-4-17-13(5-10(2)15-17)9-16(3)8-11-6-12(14)7-11/h5,11-12H,4,6-9H2,1-3H3. The Morgan fingerprint density at radius 2 is 2.24 bits per heavy atom. The molecular weight excluding hydrogens is 278 g/mol. The van der Waals surface area contributed by atoms with Crippen LogP contribution >= 0.6 is 15.9 Å². The molecule has 96 valence electrons. The molecule has 1 heterocycles. The molecule has 0 bridgehead atoms. The normalized spacial score (nSPS) is 24.1. The van der Waals surface area contributed by atoms with Gasteiger partial charge in [-0.25, -0.2) is 0 Å². The fourth-order valence-electron chi connectivity index (χ4n) is 2.59. The van der Waals surface area contributed by atoms with Crippen LogP contribution in [0.2, 0.25) is 0 Å². The van der Waals surface area contributed by atoms with Gasteiger partial charge in [0.05, 0.1) is 11.4 Å². The van der Waals surface area contributed by atoms with Gasteiger partial charge in [-0.3, -0.25) is 4.68 Å². The number of alkyl halides is 1. The van der Waals surface area contributed by atoms with Crippen LogP contribution in [0.15, 0.2) is 6.07 Å². The molecule has 0 spiro atoms. The smallest absolute Gasteiger partial charge is 0.0597 e. The summed E-state index contributed by atoms with van der Waals surface area (Å²) in [6.07, 6.45) is 2.66. The van der Waals surface area contributed by atoms with Gasteiger partial charge in [0.2, 0.25) is 0 Å². The fraction of sp³-hybridized carbons (Fsp3) is 0.769. The Morgan fingerprint density at radius 1 is 1.53 bits per heavy atom. The molecule has 0 saturated heterocycles. The molecule has 0 unspecified atom stereocenters. The van der Waals surface area contributed by atoms with E-state index in [2.05, 4.69) is 57.6 Å². The van der Waals surface area contributed by atoms with E-state index in [-0.39, 0.29) is 0 Å². The van der Waals surface area contributed by atoms with Crippen molar-refractivity contribution in [2.75, 3.05) is 13.6 Å². The van der Waals surface area contributed by atoms with Crippen molar-refractivity contribution in [3.05, 3.63) is 17.5 Å². The first-order valence-corrected chi connectivity index (χ1v) is 7.36. The van der Waals surface area contributed by atoms with E-state index in [1.54, 1.807) is 0 Å². The maximum atomic E-state index is 4.49. The van der Waals surface area contributed by atoms with Crippen LogP contribution in [0.4, 0.5) is 0 Å². The summed E-state index contributed by atoms with van der Waals surface area (Å²) < 4.78 is 2.11. The SMILES string of the molecule is CCn1nc(C)cc1CN(C)CC1CC(Br)C1. The molecule has 1 aromatic rings. The van der Waals surface area contributed by atoms with Crippen LogP contribution in [-0.2, 0) is 13.1 Å². The third kappa shape index (κ3) is 3.32. The zero-order valence-electron chi connectivity index (χ0n) is 11.0. The molecule has 17 heavy (non-hydrogen) atoms. The van der Waals surface area contributed by atoms with Crippen molar-refractivity contribution < 1.29 is 0 Å². The topological polar surface area (TPSA) is 21.1 Å². The number of halogens is 1. The van der Waals surface area contributed by atoms with E-state index < -0.39 is 0 Å². The second-order valence-electron chi connectivity index (χ2n) is 5.22. The van der Waals surface area contributed by atoms with Crippen LogP contribution < -0.4 is 0 Å². The second-order valence-corrected chi connectivity index (χ2v) is 6.52. The molecule has 0 aromatic carbocycles. The van der Waals surface area contributed by atoms with Crippen molar-refractivity contribution in [3.8, 4) is 0 Å². The lowest BCUT2D eigenvalue weighted by Crippen LogP contribution is -2.34. The van der Waals surface area contributed by atoms with Gasteiger partial charge in [-0.15, -0.1) is 0 Å². The maximum Gasteiger partial charge on any atom is 0.0597 e. The molecule has 0 atom stereocenters. The first-order chi connectivity index (χ1) is 8.08. The Hall–Kier alpha value is -0.350. The summed E-state index contributed by atoms with van der Waals surface area (Å²) in [6.45, 7) is 7.40. The summed E-state index contributed by atoms with van der Waals surface area (Å²) in [5.74, 6) is 0.878. The van der Waals surface area contributed by atoms with Crippen molar-refractivity contribution in [1.29, 1.82) is 0 Å². The molecule has 3 nitrogen and oxygen atoms in total. The van der Waals surface area contributed by atoms with Gasteiger partial charge in [-0.2, -0.15) is 5.10 Å². The number of rotatable bonds is 5. The lowest BCUT2D eigenvalue weighted by atomic mass is 9.85. The van der Waals surface area contributed by atoms with Crippen molar-refractivity contribution in [2.45, 2.75) is 44.6 Å². The van der Waals surface area contributed by atoms with Crippen LogP contribution in [-0.4, -0.2) is 33.1 Å². The maximum absolute atomic E-state index is 4.49. The molecule has 0 N–H and O–H groups in total. The molecule has 4 heteroatoms. The predicted molar refractivity (Wildman–Crippen MR) is 74.4 cm³/mol. The van der Waals surface area contributed by atoms with Gasteiger partial charge in [0.15, 0.2) is 0 Å². The van der Waals surface area contributed by atoms with Gasteiger partial charge < -0.3 is 4.90 Å². The molecule has 0 aliphatic heterocycles. The lowest BCUT2D eigenvalue weighted by molar-refractivity contribution is 0.204. The van der Waals surface area contributed by atoms with E-state index in [1.807, 2.05) is 0 Å². The number of hydrogen-bond donors (Lipinski definition) is 0. The van der Waals surface area contributed by atoms with Crippen molar-refractivity contribution >= 4 is 15.9 Å². The molecule has 0 amide bonds. The van der Waals surface area contributed by atoms with Crippen LogP contribution in [0.5, 0.6) is 0 Å². The minimum Gasteiger partial charge on any atom is -0.300 e. The average Bonchev–Trinajstić information content (AvgIpc) is 2.56. The Balaban J connectivity index is 1.86. The molecule has 1 aliphatic rings. The fourth-order valence-corrected chi connectivity index (χ4v) is 3.64. The van der Waals surface area contributed by atoms with Crippen LogP contribution in [0, 0.1) is 12.8 Å². The van der Waals surface area contributed by atoms with Gasteiger partial charge in [-0.05, 0) is 45.7 Å². The molecule has 1 aromatic heterocycles. The van der Waals surface area contributed by atoms with Gasteiger partial charge in [0, 0.05) is 24.5 Å². The summed E-state index contributed by atoms with van der Waals surface area (Å²) in [6, 6.07) is 2.20. The van der Waals surface area contributed by atoms with Gasteiger partial charge in [-0.1, -0.05) is 15.9 Å². The molecule has 1 saturated carbocycles. The summed E-state index contributed by atoms with van der Waals surface area (Å²) in [7, 11) is 2.21. The third-order valence-electron chi connectivity index (χ3n) is 3.46. The van der Waals surface area contributed by atoms with Gasteiger partial charge >= 0.3 is 0 Å². The Bertz CT molecular complexity index is 369. The minimum atomic E-state index is 0.768. The molecular formula is C13H22BrN3. The third-order valence-corrected chi connectivity index (χ3v) is 4.21. The lowest BCUT2D eigenvalue weighted by Gasteiger charge is -2.34. The van der Waals surface area contributed by atoms with Crippen molar-refractivity contribution in [2.24, 2.45) is 5.92 Å². The molecule has 1 aliphatic carbocycles. The zero-order chi connectivity index (χ0) is 12.4. The highest BCUT2D eigenvalue weighted by molar-refractivity contribution is 9.09. The van der Waals surface area contributed by atoms with Crippen molar-refractivity contribution in [3.63, 3.8) is 0 Å². The van der Waals surface area contributed by atoms with Gasteiger partial charge in [0.25, 0.3) is 0 Å². The molecule has 2 rings (SSSR count).